The van der Waals surface area contributed by atoms with Gasteiger partial charge in [0.1, 0.15) is 0 Å². The van der Waals surface area contributed by atoms with Gasteiger partial charge in [0.05, 0.1) is 0 Å². The summed E-state index contributed by atoms with van der Waals surface area (Å²) in [5, 5.41) is 6.12. The number of benzene rings is 1. The van der Waals surface area contributed by atoms with Gasteiger partial charge in [0.15, 0.2) is 11.6 Å². The van der Waals surface area contributed by atoms with Crippen molar-refractivity contribution in [1.82, 2.24) is 0 Å². The van der Waals surface area contributed by atoms with E-state index in [2.05, 4.69) is 36.7 Å². The Morgan fingerprint density at radius 2 is 0.775 bits per heavy atom. The van der Waals surface area contributed by atoms with Crippen LogP contribution in [0.5, 0.6) is 0 Å². The van der Waals surface area contributed by atoms with Gasteiger partial charge in [-0.25, -0.2) is 0 Å². The van der Waals surface area contributed by atoms with Crippen molar-refractivity contribution in [3.05, 3.63) is 34.0 Å². The van der Waals surface area contributed by atoms with Gasteiger partial charge < -0.3 is 0 Å². The second-order valence-electron chi connectivity index (χ2n) is 11.8. The smallest absolute Gasteiger partial charge is 0.164 e. The summed E-state index contributed by atoms with van der Waals surface area (Å²) in [6.45, 7) is 4.53. The number of unbranched alkanes of at least 4 members (excludes halogenated alkanes) is 18. The van der Waals surface area contributed by atoms with Crippen LogP contribution in [0.4, 0.5) is 0 Å². The van der Waals surface area contributed by atoms with Gasteiger partial charge in [0.25, 0.3) is 0 Å². The number of carbonyl (C=O) groups is 2. The predicted octanol–water partition coefficient (Wildman–Crippen LogP) is 13.1. The maximum atomic E-state index is 13.5. The average Bonchev–Trinajstić information content (AvgIpc) is 3.63. The number of carbonyl (C=O) groups excluding carboxylic acids is 2. The zero-order chi connectivity index (χ0) is 28.4. The highest BCUT2D eigenvalue weighted by atomic mass is 32.1. The van der Waals surface area contributed by atoms with E-state index in [4.69, 9.17) is 0 Å². The van der Waals surface area contributed by atoms with Crippen LogP contribution in [0, 0.1) is 0 Å². The molecule has 3 rings (SSSR count). The minimum atomic E-state index is 0.254. The first kappa shape index (κ1) is 33.0. The molecule has 2 heterocycles. The Bertz CT molecular complexity index is 1000. The fraction of sp³-hybridized carbons (Fsp3) is 0.667. The van der Waals surface area contributed by atoms with Crippen molar-refractivity contribution in [3.63, 3.8) is 0 Å². The molecule has 0 saturated heterocycles. The Kier molecular flexibility index (Phi) is 16.1. The molecule has 0 saturated carbocycles. The van der Waals surface area contributed by atoms with Crippen molar-refractivity contribution in [1.29, 1.82) is 0 Å². The molecule has 222 valence electrons. The van der Waals surface area contributed by atoms with Crippen molar-refractivity contribution in [3.8, 4) is 0 Å². The molecule has 0 spiro atoms. The number of rotatable bonds is 24. The third-order valence-electron chi connectivity index (χ3n) is 8.40. The molecule has 0 amide bonds. The largest absolute Gasteiger partial charge is 0.294 e. The fourth-order valence-electron chi connectivity index (χ4n) is 5.99. The summed E-state index contributed by atoms with van der Waals surface area (Å²) in [6, 6.07) is 4.14. The summed E-state index contributed by atoms with van der Waals surface area (Å²) in [5.74, 6) is 0.508. The second kappa shape index (κ2) is 19.6. The quantitative estimate of drug-likeness (QED) is 0.0777. The summed E-state index contributed by atoms with van der Waals surface area (Å²) in [4.78, 5) is 27.0. The standard InChI is InChI=1S/C36H54O2S2/c1-3-5-7-9-11-13-15-17-19-21-23-31(37)33-29-25-27-40-36(29)34(30-26-28-39-35(30)33)32(38)24-22-20-18-16-14-12-10-8-6-4-2/h25-28H,3-24H2,1-2H3. The fourth-order valence-corrected chi connectivity index (χ4v) is 7.95. The number of Topliss-reactive ketones (excluding diaryl/α,β-unsaturated/α-hetero) is 2. The molecule has 3 aromatic rings. The lowest BCUT2D eigenvalue weighted by molar-refractivity contribution is 0.0972. The summed E-state index contributed by atoms with van der Waals surface area (Å²) >= 11 is 3.25. The highest BCUT2D eigenvalue weighted by Gasteiger charge is 2.23. The summed E-state index contributed by atoms with van der Waals surface area (Å²) in [5.41, 5.74) is 1.74. The molecule has 0 radical (unpaired) electrons. The van der Waals surface area contributed by atoms with Crippen LogP contribution in [0.15, 0.2) is 22.9 Å². The van der Waals surface area contributed by atoms with Crippen molar-refractivity contribution in [2.45, 2.75) is 155 Å². The Morgan fingerprint density at radius 3 is 1.10 bits per heavy atom. The number of hydrogen-bond donors (Lipinski definition) is 0. The molecule has 2 nitrogen and oxygen atoms in total. The topological polar surface area (TPSA) is 34.1 Å². The molecule has 0 fully saturated rings. The van der Waals surface area contributed by atoms with Crippen molar-refractivity contribution >= 4 is 54.4 Å². The Hall–Kier alpha value is -1.52. The maximum absolute atomic E-state index is 13.5. The molecule has 4 heteroatoms. The summed E-state index contributed by atoms with van der Waals surface area (Å²) in [6.07, 6.45) is 26.7. The Morgan fingerprint density at radius 1 is 0.475 bits per heavy atom. The molecule has 0 aliphatic carbocycles. The normalized spacial score (nSPS) is 11.7. The van der Waals surface area contributed by atoms with Crippen LogP contribution in [0.2, 0.25) is 0 Å². The minimum Gasteiger partial charge on any atom is -0.294 e. The predicted molar refractivity (Wildman–Crippen MR) is 179 cm³/mol. The van der Waals surface area contributed by atoms with E-state index in [1.54, 1.807) is 22.7 Å². The molecular formula is C36H54O2S2. The minimum absolute atomic E-state index is 0.254. The van der Waals surface area contributed by atoms with Crippen LogP contribution in [0.1, 0.15) is 176 Å². The third kappa shape index (κ3) is 10.4. The van der Waals surface area contributed by atoms with Gasteiger partial charge in [-0.15, -0.1) is 22.7 Å². The lowest BCUT2D eigenvalue weighted by Gasteiger charge is -2.11. The van der Waals surface area contributed by atoms with Gasteiger partial charge in [-0.05, 0) is 35.7 Å². The van der Waals surface area contributed by atoms with Gasteiger partial charge in [-0.1, -0.05) is 129 Å². The number of ketones is 2. The maximum Gasteiger partial charge on any atom is 0.164 e. The number of thiophene rings is 2. The van der Waals surface area contributed by atoms with E-state index < -0.39 is 0 Å². The zero-order valence-electron chi connectivity index (χ0n) is 25.5. The first-order valence-corrected chi connectivity index (χ1v) is 18.4. The van der Waals surface area contributed by atoms with Crippen LogP contribution in [0.3, 0.4) is 0 Å². The lowest BCUT2D eigenvalue weighted by Crippen LogP contribution is -2.05. The van der Waals surface area contributed by atoms with Gasteiger partial charge in [-0.3, -0.25) is 9.59 Å². The molecule has 0 atom stereocenters. The lowest BCUT2D eigenvalue weighted by atomic mass is 9.93. The highest BCUT2D eigenvalue weighted by molar-refractivity contribution is 7.19. The SMILES string of the molecule is CCCCCCCCCCCCC(=O)c1c2ccsc2c(C(=O)CCCCCCCCCCCC)c2ccsc12. The molecule has 0 aliphatic rings. The van der Waals surface area contributed by atoms with E-state index in [1.807, 2.05) is 0 Å². The van der Waals surface area contributed by atoms with E-state index in [1.165, 1.54) is 103 Å². The highest BCUT2D eigenvalue weighted by Crippen LogP contribution is 2.40. The van der Waals surface area contributed by atoms with E-state index >= 15 is 0 Å². The van der Waals surface area contributed by atoms with Gasteiger partial charge in [-0.2, -0.15) is 0 Å². The molecule has 2 aromatic heterocycles. The molecule has 0 bridgehead atoms. The van der Waals surface area contributed by atoms with Crippen LogP contribution in [-0.4, -0.2) is 11.6 Å². The zero-order valence-corrected chi connectivity index (χ0v) is 27.1. The molecule has 40 heavy (non-hydrogen) atoms. The van der Waals surface area contributed by atoms with E-state index in [-0.39, 0.29) is 11.6 Å². The second-order valence-corrected chi connectivity index (χ2v) is 13.6. The van der Waals surface area contributed by atoms with Crippen molar-refractivity contribution in [2.75, 3.05) is 0 Å². The number of fused-ring (bicyclic) bond motifs is 2. The van der Waals surface area contributed by atoms with Crippen LogP contribution < -0.4 is 0 Å². The van der Waals surface area contributed by atoms with Crippen molar-refractivity contribution in [2.24, 2.45) is 0 Å². The van der Waals surface area contributed by atoms with Crippen LogP contribution in [-0.2, 0) is 0 Å². The van der Waals surface area contributed by atoms with E-state index in [0.717, 1.165) is 57.0 Å². The van der Waals surface area contributed by atoms with Crippen LogP contribution >= 0.6 is 22.7 Å². The van der Waals surface area contributed by atoms with Gasteiger partial charge in [0, 0.05) is 44.1 Å². The van der Waals surface area contributed by atoms with E-state index in [0.29, 0.717) is 12.8 Å². The van der Waals surface area contributed by atoms with E-state index in [9.17, 15) is 9.59 Å². The summed E-state index contributed by atoms with van der Waals surface area (Å²) in [7, 11) is 0. The molecule has 0 N–H and O–H groups in total. The average molecular weight is 583 g/mol. The van der Waals surface area contributed by atoms with Gasteiger partial charge >= 0.3 is 0 Å². The van der Waals surface area contributed by atoms with Crippen LogP contribution in [0.25, 0.3) is 20.2 Å². The first-order chi connectivity index (χ1) is 19.7. The Labute approximate surface area is 252 Å². The third-order valence-corrected chi connectivity index (χ3v) is 10.3. The number of hydrogen-bond acceptors (Lipinski definition) is 4. The van der Waals surface area contributed by atoms with Gasteiger partial charge in [0.2, 0.25) is 0 Å². The first-order valence-electron chi connectivity index (χ1n) is 16.7. The molecule has 1 aromatic carbocycles. The molecule has 0 aliphatic heterocycles. The monoisotopic (exact) mass is 582 g/mol. The summed E-state index contributed by atoms with van der Waals surface area (Å²) < 4.78 is 2.05. The molecule has 0 unspecified atom stereocenters. The van der Waals surface area contributed by atoms with Crippen molar-refractivity contribution < 1.29 is 9.59 Å². The Balaban J connectivity index is 1.49. The molecular weight excluding hydrogens is 529 g/mol.